The molecule has 2 nitrogen and oxygen atoms in total. The largest absolute Gasteiger partial charge is 0.318 e. The molecule has 9 heavy (non-hydrogen) atoms. The lowest BCUT2D eigenvalue weighted by Gasteiger charge is -2.11. The van der Waals surface area contributed by atoms with Crippen molar-refractivity contribution in [2.24, 2.45) is 0 Å². The molecule has 0 bridgehead atoms. The highest BCUT2D eigenvalue weighted by Crippen LogP contribution is 1.97. The van der Waals surface area contributed by atoms with E-state index >= 15 is 0 Å². The molecule has 0 heterocycles. The molecule has 3 heteroatoms. The summed E-state index contributed by atoms with van der Waals surface area (Å²) in [6.45, 7) is 5.63. The minimum Gasteiger partial charge on any atom is -0.318 e. The van der Waals surface area contributed by atoms with Crippen molar-refractivity contribution in [1.29, 1.82) is 0 Å². The van der Waals surface area contributed by atoms with Crippen molar-refractivity contribution in [2.45, 2.75) is 13.3 Å². The predicted octanol–water partition coefficient (Wildman–Crippen LogP) is 1.27. The van der Waals surface area contributed by atoms with E-state index in [0.717, 1.165) is 13.1 Å². The van der Waals surface area contributed by atoms with Crippen molar-refractivity contribution in [3.8, 4) is 0 Å². The van der Waals surface area contributed by atoms with Gasteiger partial charge in [0.05, 0.1) is 0 Å². The highest BCUT2D eigenvalue weighted by molar-refractivity contribution is 14.1. The van der Waals surface area contributed by atoms with Crippen LogP contribution in [0.5, 0.6) is 0 Å². The summed E-state index contributed by atoms with van der Waals surface area (Å²) in [5, 5.41) is 3.11. The average Bonchev–Trinajstić information content (AvgIpc) is 1.85. The molecular formula is C6H15IN2. The monoisotopic (exact) mass is 242 g/mol. The molecule has 0 aliphatic rings. The summed E-state index contributed by atoms with van der Waals surface area (Å²) in [5.41, 5.74) is 0. The third-order valence-electron chi connectivity index (χ3n) is 1.07. The quantitative estimate of drug-likeness (QED) is 0.577. The van der Waals surface area contributed by atoms with Gasteiger partial charge in [-0.1, -0.05) is 6.92 Å². The second-order valence-corrected chi connectivity index (χ2v) is 3.38. The van der Waals surface area contributed by atoms with Gasteiger partial charge in [0.1, 0.15) is 0 Å². The maximum Gasteiger partial charge on any atom is 0.0206 e. The van der Waals surface area contributed by atoms with E-state index in [0.29, 0.717) is 0 Å². The minimum absolute atomic E-state index is 1.09. The van der Waals surface area contributed by atoms with Crippen molar-refractivity contribution in [3.05, 3.63) is 0 Å². The lowest BCUT2D eigenvalue weighted by Crippen LogP contribution is -2.23. The Labute approximate surface area is 71.5 Å². The van der Waals surface area contributed by atoms with Crippen LogP contribution in [-0.2, 0) is 0 Å². The Morgan fingerprint density at radius 1 is 1.44 bits per heavy atom. The van der Waals surface area contributed by atoms with Crippen molar-refractivity contribution in [1.82, 2.24) is 8.43 Å². The first-order chi connectivity index (χ1) is 4.31. The minimum atomic E-state index is 1.09. The maximum absolute atomic E-state index is 3.11. The lowest BCUT2D eigenvalue weighted by atomic mass is 10.5. The molecule has 0 aromatic rings. The fourth-order valence-corrected chi connectivity index (χ4v) is 1.31. The van der Waals surface area contributed by atoms with E-state index in [9.17, 15) is 0 Å². The topological polar surface area (TPSA) is 15.3 Å². The molecule has 0 aliphatic heterocycles. The first-order valence-corrected chi connectivity index (χ1v) is 4.33. The van der Waals surface area contributed by atoms with E-state index in [2.05, 4.69) is 38.2 Å². The fraction of sp³-hybridized carbons (Fsp3) is 1.00. The van der Waals surface area contributed by atoms with Gasteiger partial charge in [-0.25, -0.2) is 3.11 Å². The molecule has 1 N–H and O–H groups in total. The smallest absolute Gasteiger partial charge is 0.0206 e. The highest BCUT2D eigenvalue weighted by Gasteiger charge is 1.94. The lowest BCUT2D eigenvalue weighted by molar-refractivity contribution is 0.498. The Bertz CT molecular complexity index is 59.0. The highest BCUT2D eigenvalue weighted by atomic mass is 127. The van der Waals surface area contributed by atoms with Crippen molar-refractivity contribution in [2.75, 3.05) is 26.7 Å². The second-order valence-electron chi connectivity index (χ2n) is 2.01. The van der Waals surface area contributed by atoms with Gasteiger partial charge < -0.3 is 5.32 Å². The van der Waals surface area contributed by atoms with Gasteiger partial charge in [0.15, 0.2) is 0 Å². The van der Waals surface area contributed by atoms with Crippen LogP contribution in [-0.4, -0.2) is 29.8 Å². The Morgan fingerprint density at radius 3 is 2.56 bits per heavy atom. The van der Waals surface area contributed by atoms with Gasteiger partial charge in [-0.2, -0.15) is 0 Å². The van der Waals surface area contributed by atoms with E-state index in [1.165, 1.54) is 13.0 Å². The molecule has 0 fully saturated rings. The van der Waals surface area contributed by atoms with Gasteiger partial charge >= 0.3 is 0 Å². The zero-order valence-electron chi connectivity index (χ0n) is 6.15. The van der Waals surface area contributed by atoms with Crippen LogP contribution in [0.15, 0.2) is 0 Å². The van der Waals surface area contributed by atoms with Gasteiger partial charge in [0.2, 0.25) is 0 Å². The second kappa shape index (κ2) is 6.77. The van der Waals surface area contributed by atoms with Crippen molar-refractivity contribution >= 4 is 22.9 Å². The number of nitrogens with zero attached hydrogens (tertiary/aromatic N) is 1. The number of hydrogen-bond acceptors (Lipinski definition) is 2. The predicted molar refractivity (Wildman–Crippen MR) is 49.8 cm³/mol. The third kappa shape index (κ3) is 6.54. The number of likely N-dealkylation sites (N-methyl/N-ethyl adjacent to an activating group) is 1. The molecule has 0 saturated heterocycles. The summed E-state index contributed by atoms with van der Waals surface area (Å²) in [6.07, 6.45) is 1.24. The number of rotatable bonds is 5. The van der Waals surface area contributed by atoms with E-state index < -0.39 is 0 Å². The first kappa shape index (κ1) is 9.65. The molecule has 0 unspecified atom stereocenters. The Kier molecular flexibility index (Phi) is 7.25. The van der Waals surface area contributed by atoms with Gasteiger partial charge in [-0.05, 0) is 13.5 Å². The van der Waals surface area contributed by atoms with Gasteiger partial charge in [-0.15, -0.1) is 0 Å². The summed E-state index contributed by atoms with van der Waals surface area (Å²) in [4.78, 5) is 0. The van der Waals surface area contributed by atoms with Crippen LogP contribution < -0.4 is 5.32 Å². The number of halogens is 1. The van der Waals surface area contributed by atoms with Gasteiger partial charge in [0.25, 0.3) is 0 Å². The molecule has 0 atom stereocenters. The number of nitrogens with one attached hydrogen (secondary N) is 1. The first-order valence-electron chi connectivity index (χ1n) is 3.36. The zero-order valence-corrected chi connectivity index (χ0v) is 8.31. The molecule has 0 amide bonds. The summed E-state index contributed by atoms with van der Waals surface area (Å²) in [5.74, 6) is 0. The summed E-state index contributed by atoms with van der Waals surface area (Å²) in [7, 11) is 1.98. The van der Waals surface area contributed by atoms with E-state index in [4.69, 9.17) is 0 Å². The number of hydrogen-bond donors (Lipinski definition) is 1. The average molecular weight is 242 g/mol. The van der Waals surface area contributed by atoms with E-state index in [-0.39, 0.29) is 0 Å². The van der Waals surface area contributed by atoms with Crippen LogP contribution in [0, 0.1) is 0 Å². The van der Waals surface area contributed by atoms with Crippen LogP contribution in [0.2, 0.25) is 0 Å². The summed E-state index contributed by atoms with van der Waals surface area (Å²) in [6, 6.07) is 0. The molecule has 0 rings (SSSR count). The maximum atomic E-state index is 3.11. The van der Waals surface area contributed by atoms with E-state index in [1.807, 2.05) is 7.05 Å². The Morgan fingerprint density at radius 2 is 2.11 bits per heavy atom. The zero-order chi connectivity index (χ0) is 7.11. The standard InChI is InChI=1S/C6H15IN2/c1-3-5-9(7)6-4-8-2/h8H,3-6H2,1-2H3. The van der Waals surface area contributed by atoms with Crippen molar-refractivity contribution in [3.63, 3.8) is 0 Å². The molecule has 56 valence electrons. The Hall–Kier alpha value is 0.650. The molecular weight excluding hydrogens is 227 g/mol. The van der Waals surface area contributed by atoms with E-state index in [1.54, 1.807) is 0 Å². The van der Waals surface area contributed by atoms with Crippen LogP contribution >= 0.6 is 22.9 Å². The molecule has 0 saturated carbocycles. The normalized spacial score (nSPS) is 10.7. The third-order valence-corrected chi connectivity index (χ3v) is 2.04. The van der Waals surface area contributed by atoms with Crippen LogP contribution in [0.4, 0.5) is 0 Å². The molecule has 0 spiro atoms. The molecule has 0 aliphatic carbocycles. The summed E-state index contributed by atoms with van der Waals surface area (Å²) < 4.78 is 2.30. The Balaban J connectivity index is 2.95. The molecule has 0 radical (unpaired) electrons. The van der Waals surface area contributed by atoms with Gasteiger partial charge in [0, 0.05) is 42.5 Å². The van der Waals surface area contributed by atoms with Crippen LogP contribution in [0.1, 0.15) is 13.3 Å². The fourth-order valence-electron chi connectivity index (χ4n) is 0.588. The van der Waals surface area contributed by atoms with Crippen LogP contribution in [0.25, 0.3) is 0 Å². The molecule has 0 aromatic carbocycles. The van der Waals surface area contributed by atoms with Gasteiger partial charge in [-0.3, -0.25) is 0 Å². The van der Waals surface area contributed by atoms with Crippen molar-refractivity contribution < 1.29 is 0 Å². The SMILES string of the molecule is CCCN(I)CCNC. The summed E-state index contributed by atoms with van der Waals surface area (Å²) >= 11 is 2.36. The molecule has 0 aromatic heterocycles. The van der Waals surface area contributed by atoms with Crippen LogP contribution in [0.3, 0.4) is 0 Å².